The van der Waals surface area contributed by atoms with Gasteiger partial charge in [0.15, 0.2) is 12.0 Å². The molecule has 2 rings (SSSR count). The maximum absolute atomic E-state index is 14.0. The molecule has 130 valence electrons. The van der Waals surface area contributed by atoms with Gasteiger partial charge in [-0.1, -0.05) is 6.07 Å². The summed E-state index contributed by atoms with van der Waals surface area (Å²) in [4.78, 5) is 10.5. The Kier molecular flexibility index (Phi) is 4.21. The summed E-state index contributed by atoms with van der Waals surface area (Å²) in [7, 11) is 0. The standard InChI is InChI=1S/C14H7F7O3/c15-10-5-7(12(23,13(16,17)18)14(19,20)21)1-3-9(10)11-4-2-8(6-22)24-11/h1-6,23H. The van der Waals surface area contributed by atoms with Crippen LogP contribution in [0.1, 0.15) is 16.1 Å². The van der Waals surface area contributed by atoms with Crippen LogP contribution in [0.4, 0.5) is 30.7 Å². The fourth-order valence-corrected chi connectivity index (χ4v) is 1.99. The summed E-state index contributed by atoms with van der Waals surface area (Å²) in [6.07, 6.45) is -12.0. The Morgan fingerprint density at radius 1 is 0.958 bits per heavy atom. The Balaban J connectivity index is 2.57. The highest BCUT2D eigenvalue weighted by Gasteiger charge is 2.71. The van der Waals surface area contributed by atoms with E-state index in [1.807, 2.05) is 0 Å². The molecule has 0 amide bonds. The Labute approximate surface area is 129 Å². The molecule has 0 saturated carbocycles. The van der Waals surface area contributed by atoms with Gasteiger partial charge in [-0.2, -0.15) is 26.3 Å². The van der Waals surface area contributed by atoms with Crippen molar-refractivity contribution in [2.45, 2.75) is 18.0 Å². The van der Waals surface area contributed by atoms with Crippen molar-refractivity contribution in [2.75, 3.05) is 0 Å². The SMILES string of the molecule is O=Cc1ccc(-c2ccc(C(O)(C(F)(F)F)C(F)(F)F)cc2F)o1. The van der Waals surface area contributed by atoms with Gasteiger partial charge in [0.05, 0.1) is 5.56 Å². The molecule has 24 heavy (non-hydrogen) atoms. The summed E-state index contributed by atoms with van der Waals surface area (Å²) in [5, 5.41) is 9.20. The molecule has 1 heterocycles. The minimum Gasteiger partial charge on any atom is -0.453 e. The number of aliphatic hydroxyl groups is 1. The molecule has 0 spiro atoms. The van der Waals surface area contributed by atoms with E-state index < -0.39 is 34.9 Å². The van der Waals surface area contributed by atoms with E-state index in [4.69, 9.17) is 4.42 Å². The van der Waals surface area contributed by atoms with Crippen LogP contribution < -0.4 is 0 Å². The van der Waals surface area contributed by atoms with Crippen molar-refractivity contribution in [3.8, 4) is 11.3 Å². The Bertz CT molecular complexity index is 744. The monoisotopic (exact) mass is 356 g/mol. The van der Waals surface area contributed by atoms with Crippen molar-refractivity contribution >= 4 is 6.29 Å². The number of halogens is 7. The van der Waals surface area contributed by atoms with Gasteiger partial charge < -0.3 is 9.52 Å². The first-order valence-electron chi connectivity index (χ1n) is 6.13. The molecule has 10 heteroatoms. The zero-order valence-corrected chi connectivity index (χ0v) is 11.4. The molecule has 0 aliphatic rings. The van der Waals surface area contributed by atoms with Crippen molar-refractivity contribution in [1.29, 1.82) is 0 Å². The van der Waals surface area contributed by atoms with Gasteiger partial charge in [-0.25, -0.2) is 4.39 Å². The normalized spacial score (nSPS) is 13.2. The fraction of sp³-hybridized carbons (Fsp3) is 0.214. The topological polar surface area (TPSA) is 50.4 Å². The zero-order chi connectivity index (χ0) is 18.3. The number of rotatable bonds is 3. The highest BCUT2D eigenvalue weighted by Crippen LogP contribution is 2.50. The number of hydrogen-bond donors (Lipinski definition) is 1. The first-order chi connectivity index (χ1) is 10.9. The van der Waals surface area contributed by atoms with Crippen LogP contribution in [0.25, 0.3) is 11.3 Å². The summed E-state index contributed by atoms with van der Waals surface area (Å²) in [5.74, 6) is -1.98. The number of benzene rings is 1. The Morgan fingerprint density at radius 3 is 1.96 bits per heavy atom. The highest BCUT2D eigenvalue weighted by atomic mass is 19.4. The number of carbonyl (C=O) groups excluding carboxylic acids is 1. The van der Waals surface area contributed by atoms with Gasteiger partial charge in [-0.3, -0.25) is 4.79 Å². The number of carbonyl (C=O) groups is 1. The van der Waals surface area contributed by atoms with Crippen molar-refractivity contribution in [1.82, 2.24) is 0 Å². The van der Waals surface area contributed by atoms with E-state index in [2.05, 4.69) is 0 Å². The van der Waals surface area contributed by atoms with Gasteiger partial charge in [0.1, 0.15) is 11.6 Å². The summed E-state index contributed by atoms with van der Waals surface area (Å²) >= 11 is 0. The Morgan fingerprint density at radius 2 is 1.54 bits per heavy atom. The molecule has 0 atom stereocenters. The Hall–Kier alpha value is -2.36. The summed E-state index contributed by atoms with van der Waals surface area (Å²) < 4.78 is 95.2. The molecule has 0 aliphatic heterocycles. The average molecular weight is 356 g/mol. The second-order valence-corrected chi connectivity index (χ2v) is 4.72. The molecule has 1 aromatic heterocycles. The van der Waals surface area contributed by atoms with Crippen molar-refractivity contribution in [3.05, 3.63) is 47.5 Å². The minimum atomic E-state index is -6.12. The van der Waals surface area contributed by atoms with Gasteiger partial charge >= 0.3 is 12.4 Å². The molecule has 0 radical (unpaired) electrons. The molecule has 0 unspecified atom stereocenters. The first-order valence-corrected chi connectivity index (χ1v) is 6.13. The molecule has 1 N–H and O–H groups in total. The van der Waals surface area contributed by atoms with Crippen LogP contribution >= 0.6 is 0 Å². The van der Waals surface area contributed by atoms with Crippen LogP contribution in [0.5, 0.6) is 0 Å². The predicted molar refractivity (Wildman–Crippen MR) is 65.5 cm³/mol. The second-order valence-electron chi connectivity index (χ2n) is 4.72. The minimum absolute atomic E-state index is 0.0839. The van der Waals surface area contributed by atoms with Crippen LogP contribution in [-0.2, 0) is 5.60 Å². The van der Waals surface area contributed by atoms with Crippen LogP contribution in [0.3, 0.4) is 0 Å². The van der Waals surface area contributed by atoms with E-state index in [-0.39, 0.29) is 29.9 Å². The molecule has 0 aliphatic carbocycles. The van der Waals surface area contributed by atoms with Gasteiger partial charge in [-0.05, 0) is 24.3 Å². The lowest BCUT2D eigenvalue weighted by Crippen LogP contribution is -2.53. The predicted octanol–water partition coefficient (Wildman–Crippen LogP) is 4.21. The molecule has 0 saturated heterocycles. The third-order valence-electron chi connectivity index (χ3n) is 3.22. The molecule has 0 fully saturated rings. The van der Waals surface area contributed by atoms with Crippen molar-refractivity contribution < 1.29 is 45.1 Å². The van der Waals surface area contributed by atoms with Crippen LogP contribution in [0.15, 0.2) is 34.7 Å². The first kappa shape index (κ1) is 18.0. The van der Waals surface area contributed by atoms with E-state index in [1.54, 1.807) is 0 Å². The van der Waals surface area contributed by atoms with E-state index in [0.29, 0.717) is 6.07 Å². The second kappa shape index (κ2) is 5.62. The lowest BCUT2D eigenvalue weighted by molar-refractivity contribution is -0.376. The molecule has 0 bridgehead atoms. The summed E-state index contributed by atoms with van der Waals surface area (Å²) in [6.45, 7) is 0. The molecule has 2 aromatic rings. The number of furan rings is 1. The van der Waals surface area contributed by atoms with Crippen LogP contribution in [0.2, 0.25) is 0 Å². The van der Waals surface area contributed by atoms with E-state index in [9.17, 15) is 40.6 Å². The van der Waals surface area contributed by atoms with Crippen molar-refractivity contribution in [2.24, 2.45) is 0 Å². The average Bonchev–Trinajstić information content (AvgIpc) is 2.92. The largest absolute Gasteiger partial charge is 0.453 e. The van der Waals surface area contributed by atoms with Gasteiger partial charge in [0.25, 0.3) is 5.60 Å². The smallest absolute Gasteiger partial charge is 0.430 e. The van der Waals surface area contributed by atoms with E-state index >= 15 is 0 Å². The van der Waals surface area contributed by atoms with E-state index in [0.717, 1.165) is 12.1 Å². The quantitative estimate of drug-likeness (QED) is 0.662. The van der Waals surface area contributed by atoms with Crippen LogP contribution in [-0.4, -0.2) is 23.7 Å². The van der Waals surface area contributed by atoms with Gasteiger partial charge in [-0.15, -0.1) is 0 Å². The van der Waals surface area contributed by atoms with E-state index in [1.165, 1.54) is 0 Å². The number of aldehydes is 1. The fourth-order valence-electron chi connectivity index (χ4n) is 1.99. The van der Waals surface area contributed by atoms with Gasteiger partial charge in [0, 0.05) is 5.56 Å². The van der Waals surface area contributed by atoms with Gasteiger partial charge in [0.2, 0.25) is 0 Å². The molecular formula is C14H7F7O3. The number of hydrogen-bond acceptors (Lipinski definition) is 3. The number of alkyl halides is 6. The van der Waals surface area contributed by atoms with Crippen LogP contribution in [0, 0.1) is 5.82 Å². The molecule has 1 aromatic carbocycles. The molecule has 3 nitrogen and oxygen atoms in total. The molecular weight excluding hydrogens is 349 g/mol. The summed E-state index contributed by atoms with van der Waals surface area (Å²) in [5.41, 5.74) is -7.43. The maximum atomic E-state index is 14.0. The lowest BCUT2D eigenvalue weighted by Gasteiger charge is -2.32. The van der Waals surface area contributed by atoms with Crippen molar-refractivity contribution in [3.63, 3.8) is 0 Å². The third kappa shape index (κ3) is 2.77. The third-order valence-corrected chi connectivity index (χ3v) is 3.22. The lowest BCUT2D eigenvalue weighted by atomic mass is 9.91. The zero-order valence-electron chi connectivity index (χ0n) is 11.4. The summed E-state index contributed by atoms with van der Waals surface area (Å²) in [6, 6.07) is 3.03. The maximum Gasteiger partial charge on any atom is 0.430 e. The highest BCUT2D eigenvalue weighted by molar-refractivity contribution is 5.73.